The Morgan fingerprint density at radius 1 is 1.53 bits per heavy atom. The maximum atomic E-state index is 5.95. The van der Waals surface area contributed by atoms with Crippen LogP contribution in [0.25, 0.3) is 0 Å². The van der Waals surface area contributed by atoms with Gasteiger partial charge in [-0.15, -0.1) is 11.3 Å². The summed E-state index contributed by atoms with van der Waals surface area (Å²) >= 11 is 7.59. The van der Waals surface area contributed by atoms with E-state index in [0.29, 0.717) is 6.04 Å². The maximum Gasteiger partial charge on any atom is 0.0931 e. The summed E-state index contributed by atoms with van der Waals surface area (Å²) in [4.78, 5) is 1.29. The Morgan fingerprint density at radius 3 is 2.73 bits per heavy atom. The molecule has 0 spiro atoms. The molecule has 0 aliphatic carbocycles. The van der Waals surface area contributed by atoms with Crippen molar-refractivity contribution in [2.45, 2.75) is 33.2 Å². The predicted octanol–water partition coefficient (Wildman–Crippen LogP) is 4.41. The highest BCUT2D eigenvalue weighted by molar-refractivity contribution is 7.16. The van der Waals surface area contributed by atoms with Crippen molar-refractivity contribution in [3.8, 4) is 0 Å². The average molecular weight is 244 g/mol. The fourth-order valence-electron chi connectivity index (χ4n) is 1.37. The van der Waals surface area contributed by atoms with E-state index in [2.05, 4.69) is 38.2 Å². The van der Waals surface area contributed by atoms with Gasteiger partial charge in [-0.05, 0) is 38.9 Å². The van der Waals surface area contributed by atoms with Crippen LogP contribution in [0.1, 0.15) is 38.1 Å². The summed E-state index contributed by atoms with van der Waals surface area (Å²) in [6.07, 6.45) is 3.39. The van der Waals surface area contributed by atoms with Crippen molar-refractivity contribution in [3.05, 3.63) is 33.0 Å². The molecule has 0 saturated heterocycles. The Balaban J connectivity index is 2.76. The van der Waals surface area contributed by atoms with Gasteiger partial charge in [0.15, 0.2) is 0 Å². The van der Waals surface area contributed by atoms with E-state index < -0.39 is 0 Å². The molecule has 3 heteroatoms. The summed E-state index contributed by atoms with van der Waals surface area (Å²) in [7, 11) is 0. The summed E-state index contributed by atoms with van der Waals surface area (Å²) in [6.45, 7) is 7.45. The summed E-state index contributed by atoms with van der Waals surface area (Å²) < 4.78 is 0.857. The first kappa shape index (κ1) is 12.8. The first-order valence-corrected chi connectivity index (χ1v) is 6.46. The van der Waals surface area contributed by atoms with E-state index in [9.17, 15) is 0 Å². The van der Waals surface area contributed by atoms with Crippen molar-refractivity contribution >= 4 is 22.9 Å². The van der Waals surface area contributed by atoms with Crippen molar-refractivity contribution in [1.29, 1.82) is 0 Å². The van der Waals surface area contributed by atoms with Crippen LogP contribution >= 0.6 is 22.9 Å². The van der Waals surface area contributed by atoms with E-state index in [4.69, 9.17) is 11.6 Å². The third-order valence-corrected chi connectivity index (χ3v) is 3.33. The van der Waals surface area contributed by atoms with E-state index in [1.165, 1.54) is 10.5 Å². The fraction of sp³-hybridized carbons (Fsp3) is 0.500. The minimum Gasteiger partial charge on any atom is -0.306 e. The van der Waals surface area contributed by atoms with Crippen LogP contribution in [0.15, 0.2) is 23.8 Å². The zero-order chi connectivity index (χ0) is 11.3. The van der Waals surface area contributed by atoms with E-state index in [-0.39, 0.29) is 0 Å². The molecule has 1 unspecified atom stereocenters. The van der Waals surface area contributed by atoms with Crippen LogP contribution < -0.4 is 5.32 Å². The minimum atomic E-state index is 0.312. The van der Waals surface area contributed by atoms with Crippen LogP contribution in [0.3, 0.4) is 0 Å². The second-order valence-electron chi connectivity index (χ2n) is 3.82. The van der Waals surface area contributed by atoms with E-state index >= 15 is 0 Å². The molecule has 0 fully saturated rings. The zero-order valence-electron chi connectivity index (χ0n) is 9.51. The second kappa shape index (κ2) is 6.31. The molecule has 1 N–H and O–H groups in total. The Kier molecular flexibility index (Phi) is 5.37. The highest BCUT2D eigenvalue weighted by Crippen LogP contribution is 2.28. The molecule has 0 aromatic carbocycles. The standard InChI is InChI=1S/C12H18ClNS/c1-4-7-14-10(8-9(2)3)11-5-6-12(13)15-11/h5-6,8,10,14H,4,7H2,1-3H3. The van der Waals surface area contributed by atoms with Gasteiger partial charge >= 0.3 is 0 Å². The summed E-state index contributed by atoms with van der Waals surface area (Å²) in [5, 5.41) is 3.51. The van der Waals surface area contributed by atoms with Gasteiger partial charge < -0.3 is 5.32 Å². The second-order valence-corrected chi connectivity index (χ2v) is 5.56. The van der Waals surface area contributed by atoms with E-state index in [1.54, 1.807) is 11.3 Å². The molecule has 1 nitrogen and oxygen atoms in total. The lowest BCUT2D eigenvalue weighted by atomic mass is 10.1. The molecule has 0 saturated carbocycles. The van der Waals surface area contributed by atoms with Crippen LogP contribution in [0, 0.1) is 0 Å². The molecule has 0 aliphatic heterocycles. The molecule has 1 aromatic heterocycles. The lowest BCUT2D eigenvalue weighted by Crippen LogP contribution is -2.19. The molecular weight excluding hydrogens is 226 g/mol. The maximum absolute atomic E-state index is 5.95. The molecule has 1 aromatic rings. The largest absolute Gasteiger partial charge is 0.306 e. The van der Waals surface area contributed by atoms with Crippen molar-refractivity contribution < 1.29 is 0 Å². The molecule has 1 atom stereocenters. The molecule has 0 aliphatic rings. The Morgan fingerprint density at radius 2 is 2.27 bits per heavy atom. The first-order chi connectivity index (χ1) is 7.13. The van der Waals surface area contributed by atoms with Gasteiger partial charge in [0.25, 0.3) is 0 Å². The predicted molar refractivity (Wildman–Crippen MR) is 69.8 cm³/mol. The van der Waals surface area contributed by atoms with Gasteiger partial charge in [-0.2, -0.15) is 0 Å². The van der Waals surface area contributed by atoms with E-state index in [0.717, 1.165) is 17.3 Å². The summed E-state index contributed by atoms with van der Waals surface area (Å²) in [6, 6.07) is 4.37. The van der Waals surface area contributed by atoms with Crippen LogP contribution in [0.2, 0.25) is 4.34 Å². The number of allylic oxidation sites excluding steroid dienone is 1. The number of halogens is 1. The molecule has 0 radical (unpaired) electrons. The van der Waals surface area contributed by atoms with Crippen molar-refractivity contribution in [3.63, 3.8) is 0 Å². The van der Waals surface area contributed by atoms with Crippen molar-refractivity contribution in [2.75, 3.05) is 6.54 Å². The Labute approximate surface area is 101 Å². The molecule has 1 heterocycles. The van der Waals surface area contributed by atoms with Gasteiger partial charge in [-0.1, -0.05) is 30.2 Å². The van der Waals surface area contributed by atoms with Crippen molar-refractivity contribution in [1.82, 2.24) is 5.32 Å². The third-order valence-electron chi connectivity index (χ3n) is 2.01. The van der Waals surface area contributed by atoms with Gasteiger partial charge in [0.05, 0.1) is 10.4 Å². The van der Waals surface area contributed by atoms with Crippen LogP contribution in [-0.2, 0) is 0 Å². The van der Waals surface area contributed by atoms with Gasteiger partial charge in [0.2, 0.25) is 0 Å². The normalized spacial score (nSPS) is 12.5. The Bertz CT molecular complexity index is 326. The van der Waals surface area contributed by atoms with Crippen molar-refractivity contribution in [2.24, 2.45) is 0 Å². The average Bonchev–Trinajstić information content (AvgIpc) is 2.58. The third kappa shape index (κ3) is 4.37. The number of thiophene rings is 1. The SMILES string of the molecule is CCCNC(C=C(C)C)c1ccc(Cl)s1. The lowest BCUT2D eigenvalue weighted by molar-refractivity contribution is 0.617. The van der Waals surface area contributed by atoms with E-state index in [1.807, 2.05) is 6.07 Å². The lowest BCUT2D eigenvalue weighted by Gasteiger charge is -2.13. The highest BCUT2D eigenvalue weighted by Gasteiger charge is 2.09. The molecule has 84 valence electrons. The number of hydrogen-bond donors (Lipinski definition) is 1. The van der Waals surface area contributed by atoms with Gasteiger partial charge in [0, 0.05) is 4.88 Å². The van der Waals surface area contributed by atoms with Gasteiger partial charge in [-0.25, -0.2) is 0 Å². The molecule has 1 rings (SSSR count). The monoisotopic (exact) mass is 243 g/mol. The minimum absolute atomic E-state index is 0.312. The summed E-state index contributed by atoms with van der Waals surface area (Å²) in [5.41, 5.74) is 1.33. The van der Waals surface area contributed by atoms with Gasteiger partial charge in [0.1, 0.15) is 0 Å². The fourth-order valence-corrected chi connectivity index (χ4v) is 2.48. The number of rotatable bonds is 5. The van der Waals surface area contributed by atoms with Crippen LogP contribution in [-0.4, -0.2) is 6.54 Å². The molecule has 15 heavy (non-hydrogen) atoms. The zero-order valence-corrected chi connectivity index (χ0v) is 11.1. The summed E-state index contributed by atoms with van der Waals surface area (Å²) in [5.74, 6) is 0. The topological polar surface area (TPSA) is 12.0 Å². The first-order valence-electron chi connectivity index (χ1n) is 5.27. The smallest absolute Gasteiger partial charge is 0.0931 e. The number of nitrogens with one attached hydrogen (secondary N) is 1. The highest BCUT2D eigenvalue weighted by atomic mass is 35.5. The molecular formula is C12H18ClNS. The van der Waals surface area contributed by atoms with Crippen LogP contribution in [0.5, 0.6) is 0 Å². The Hall–Kier alpha value is -0.310. The quantitative estimate of drug-likeness (QED) is 0.756. The van der Waals surface area contributed by atoms with Gasteiger partial charge in [-0.3, -0.25) is 0 Å². The molecule has 0 bridgehead atoms. The number of hydrogen-bond acceptors (Lipinski definition) is 2. The molecule has 0 amide bonds. The van der Waals surface area contributed by atoms with Crippen LogP contribution in [0.4, 0.5) is 0 Å².